The number of ether oxygens (including phenoxy) is 2. The van der Waals surface area contributed by atoms with E-state index in [2.05, 4.69) is 10.4 Å². The molecule has 0 aliphatic heterocycles. The molecule has 0 bridgehead atoms. The topological polar surface area (TPSA) is 65.4 Å². The Kier molecular flexibility index (Phi) is 6.66. The van der Waals surface area contributed by atoms with E-state index in [1.807, 2.05) is 51.2 Å². The van der Waals surface area contributed by atoms with Crippen LogP contribution in [0, 0.1) is 0 Å². The molecule has 0 aliphatic carbocycles. The molecule has 1 N–H and O–H groups in total. The SMILES string of the molecule is CCOc1ccc(C(C)NC(=O)CCn2cccn2)cc1OCC. The van der Waals surface area contributed by atoms with Gasteiger partial charge in [0.05, 0.1) is 19.3 Å². The Bertz CT molecular complexity index is 641. The average Bonchev–Trinajstić information content (AvgIpc) is 3.08. The van der Waals surface area contributed by atoms with Gasteiger partial charge < -0.3 is 14.8 Å². The summed E-state index contributed by atoms with van der Waals surface area (Å²) in [6.45, 7) is 7.54. The van der Waals surface area contributed by atoms with E-state index >= 15 is 0 Å². The van der Waals surface area contributed by atoms with Gasteiger partial charge in [0.1, 0.15) is 0 Å². The number of benzene rings is 1. The maximum absolute atomic E-state index is 12.1. The highest BCUT2D eigenvalue weighted by Crippen LogP contribution is 2.30. The summed E-state index contributed by atoms with van der Waals surface area (Å²) in [4.78, 5) is 12.1. The van der Waals surface area contributed by atoms with Crippen molar-refractivity contribution in [2.75, 3.05) is 13.2 Å². The van der Waals surface area contributed by atoms with Gasteiger partial charge in [-0.1, -0.05) is 6.07 Å². The van der Waals surface area contributed by atoms with E-state index in [-0.39, 0.29) is 11.9 Å². The highest BCUT2D eigenvalue weighted by atomic mass is 16.5. The van der Waals surface area contributed by atoms with Gasteiger partial charge in [-0.2, -0.15) is 5.10 Å². The molecule has 0 saturated heterocycles. The van der Waals surface area contributed by atoms with Crippen LogP contribution < -0.4 is 14.8 Å². The van der Waals surface area contributed by atoms with Gasteiger partial charge in [-0.05, 0) is 44.5 Å². The van der Waals surface area contributed by atoms with Crippen molar-refractivity contribution >= 4 is 5.91 Å². The zero-order chi connectivity index (χ0) is 17.4. The third kappa shape index (κ3) is 5.01. The lowest BCUT2D eigenvalue weighted by Gasteiger charge is -2.17. The minimum atomic E-state index is -0.106. The van der Waals surface area contributed by atoms with Crippen LogP contribution in [0.5, 0.6) is 11.5 Å². The molecular weight excluding hydrogens is 306 g/mol. The van der Waals surface area contributed by atoms with Crippen LogP contribution in [0.15, 0.2) is 36.7 Å². The summed E-state index contributed by atoms with van der Waals surface area (Å²) in [5.74, 6) is 1.42. The molecule has 24 heavy (non-hydrogen) atoms. The van der Waals surface area contributed by atoms with Gasteiger partial charge in [0, 0.05) is 25.4 Å². The van der Waals surface area contributed by atoms with Crippen molar-refractivity contribution in [1.29, 1.82) is 0 Å². The number of nitrogens with zero attached hydrogens (tertiary/aromatic N) is 2. The lowest BCUT2D eigenvalue weighted by atomic mass is 10.1. The number of amides is 1. The van der Waals surface area contributed by atoms with Gasteiger partial charge in [0.15, 0.2) is 11.5 Å². The first-order chi connectivity index (χ1) is 11.6. The van der Waals surface area contributed by atoms with Crippen LogP contribution in [-0.2, 0) is 11.3 Å². The second kappa shape index (κ2) is 8.96. The van der Waals surface area contributed by atoms with Gasteiger partial charge >= 0.3 is 0 Å². The number of aromatic nitrogens is 2. The first-order valence-corrected chi connectivity index (χ1v) is 8.30. The second-order valence-corrected chi connectivity index (χ2v) is 5.38. The van der Waals surface area contributed by atoms with Crippen molar-refractivity contribution in [2.45, 2.75) is 39.8 Å². The first-order valence-electron chi connectivity index (χ1n) is 8.30. The van der Waals surface area contributed by atoms with E-state index in [1.54, 1.807) is 10.9 Å². The molecule has 1 atom stereocenters. The standard InChI is InChI=1S/C18H25N3O3/c1-4-23-16-8-7-15(13-17(16)24-5-2)14(3)20-18(22)9-12-21-11-6-10-19-21/h6-8,10-11,13-14H,4-5,9,12H2,1-3H3,(H,20,22). The van der Waals surface area contributed by atoms with Crippen molar-refractivity contribution in [1.82, 2.24) is 15.1 Å². The van der Waals surface area contributed by atoms with E-state index in [9.17, 15) is 4.79 Å². The van der Waals surface area contributed by atoms with Crippen molar-refractivity contribution < 1.29 is 14.3 Å². The molecule has 1 aromatic carbocycles. The molecule has 0 aliphatic rings. The van der Waals surface area contributed by atoms with Crippen molar-refractivity contribution in [3.8, 4) is 11.5 Å². The van der Waals surface area contributed by atoms with Gasteiger partial charge in [-0.3, -0.25) is 9.48 Å². The van der Waals surface area contributed by atoms with E-state index in [4.69, 9.17) is 9.47 Å². The van der Waals surface area contributed by atoms with Crippen LogP contribution in [-0.4, -0.2) is 28.9 Å². The molecule has 0 fully saturated rings. The molecule has 130 valence electrons. The number of hydrogen-bond donors (Lipinski definition) is 1. The normalized spacial score (nSPS) is 11.8. The van der Waals surface area contributed by atoms with Crippen LogP contribution in [0.1, 0.15) is 38.8 Å². The van der Waals surface area contributed by atoms with Crippen LogP contribution in [0.25, 0.3) is 0 Å². The fourth-order valence-corrected chi connectivity index (χ4v) is 2.38. The molecule has 1 amide bonds. The smallest absolute Gasteiger partial charge is 0.222 e. The summed E-state index contributed by atoms with van der Waals surface area (Å²) in [6, 6.07) is 7.50. The van der Waals surface area contributed by atoms with Gasteiger partial charge in [0.2, 0.25) is 5.91 Å². The molecular formula is C18H25N3O3. The van der Waals surface area contributed by atoms with Crippen LogP contribution >= 0.6 is 0 Å². The largest absolute Gasteiger partial charge is 0.490 e. The minimum absolute atomic E-state index is 0.00940. The molecule has 6 heteroatoms. The minimum Gasteiger partial charge on any atom is -0.490 e. The van der Waals surface area contributed by atoms with Crippen LogP contribution in [0.4, 0.5) is 0 Å². The second-order valence-electron chi connectivity index (χ2n) is 5.38. The molecule has 0 saturated carbocycles. The van der Waals surface area contributed by atoms with E-state index in [0.29, 0.717) is 31.9 Å². The van der Waals surface area contributed by atoms with Crippen molar-refractivity contribution in [3.63, 3.8) is 0 Å². The number of hydrogen-bond acceptors (Lipinski definition) is 4. The Morgan fingerprint density at radius 3 is 2.67 bits per heavy atom. The zero-order valence-corrected chi connectivity index (χ0v) is 14.5. The molecule has 1 heterocycles. The van der Waals surface area contributed by atoms with Gasteiger partial charge in [0.25, 0.3) is 0 Å². The zero-order valence-electron chi connectivity index (χ0n) is 14.5. The first kappa shape index (κ1) is 17.8. The fourth-order valence-electron chi connectivity index (χ4n) is 2.38. The lowest BCUT2D eigenvalue weighted by Crippen LogP contribution is -2.27. The highest BCUT2D eigenvalue weighted by molar-refractivity contribution is 5.76. The number of carbonyl (C=O) groups excluding carboxylic acids is 1. The summed E-state index contributed by atoms with van der Waals surface area (Å²) in [5, 5.41) is 7.09. The molecule has 2 rings (SSSR count). The summed E-state index contributed by atoms with van der Waals surface area (Å²) in [6.07, 6.45) is 3.94. The highest BCUT2D eigenvalue weighted by Gasteiger charge is 2.13. The summed E-state index contributed by atoms with van der Waals surface area (Å²) >= 11 is 0. The summed E-state index contributed by atoms with van der Waals surface area (Å²) in [5.41, 5.74) is 0.981. The number of rotatable bonds is 9. The van der Waals surface area contributed by atoms with E-state index < -0.39 is 0 Å². The fraction of sp³-hybridized carbons (Fsp3) is 0.444. The molecule has 0 spiro atoms. The van der Waals surface area contributed by atoms with Crippen molar-refractivity contribution in [3.05, 3.63) is 42.2 Å². The van der Waals surface area contributed by atoms with Crippen LogP contribution in [0.3, 0.4) is 0 Å². The third-order valence-corrected chi connectivity index (χ3v) is 3.57. The van der Waals surface area contributed by atoms with E-state index in [1.165, 1.54) is 0 Å². The van der Waals surface area contributed by atoms with E-state index in [0.717, 1.165) is 11.3 Å². The number of carbonyl (C=O) groups is 1. The predicted molar refractivity (Wildman–Crippen MR) is 92.2 cm³/mol. The molecule has 1 unspecified atom stereocenters. The molecule has 6 nitrogen and oxygen atoms in total. The third-order valence-electron chi connectivity index (χ3n) is 3.57. The maximum Gasteiger partial charge on any atom is 0.222 e. The monoisotopic (exact) mass is 331 g/mol. The quantitative estimate of drug-likeness (QED) is 0.767. The predicted octanol–water partition coefficient (Wildman–Crippen LogP) is 2.95. The number of nitrogens with one attached hydrogen (secondary N) is 1. The van der Waals surface area contributed by atoms with Gasteiger partial charge in [-0.15, -0.1) is 0 Å². The Balaban J connectivity index is 1.96. The Morgan fingerprint density at radius 1 is 1.25 bits per heavy atom. The lowest BCUT2D eigenvalue weighted by molar-refractivity contribution is -0.122. The maximum atomic E-state index is 12.1. The molecule has 0 radical (unpaired) electrons. The summed E-state index contributed by atoms with van der Waals surface area (Å²) < 4.78 is 12.9. The van der Waals surface area contributed by atoms with Crippen molar-refractivity contribution in [2.24, 2.45) is 0 Å². The molecule has 2 aromatic rings. The summed E-state index contributed by atoms with van der Waals surface area (Å²) in [7, 11) is 0. The Hall–Kier alpha value is -2.50. The number of aryl methyl sites for hydroxylation is 1. The van der Waals surface area contributed by atoms with Gasteiger partial charge in [-0.25, -0.2) is 0 Å². The van der Waals surface area contributed by atoms with Crippen LogP contribution in [0.2, 0.25) is 0 Å². The average molecular weight is 331 g/mol. The Morgan fingerprint density at radius 2 is 2.00 bits per heavy atom. The Labute approximate surface area is 142 Å². The molecule has 1 aromatic heterocycles.